The van der Waals surface area contributed by atoms with Crippen LogP contribution in [0.4, 0.5) is 17.3 Å². The van der Waals surface area contributed by atoms with Crippen molar-refractivity contribution in [2.45, 2.75) is 25.5 Å². The van der Waals surface area contributed by atoms with Gasteiger partial charge < -0.3 is 17.3 Å². The lowest BCUT2D eigenvalue weighted by atomic mass is 10.3. The zero-order valence-corrected chi connectivity index (χ0v) is 9.83. The van der Waals surface area contributed by atoms with Crippen LogP contribution in [0.2, 0.25) is 0 Å². The molecule has 6 heteroatoms. The van der Waals surface area contributed by atoms with E-state index in [1.807, 2.05) is 0 Å². The quantitative estimate of drug-likeness (QED) is 0.344. The maximum Gasteiger partial charge on any atom is 0.673 e. The molecule has 0 aromatic rings. The molecular weight excluding hydrogens is 227 g/mol. The molecule has 1 aliphatic heterocycles. The van der Waals surface area contributed by atoms with E-state index in [2.05, 4.69) is 44.4 Å². The fourth-order valence-corrected chi connectivity index (χ4v) is 2.51. The highest BCUT2D eigenvalue weighted by Crippen LogP contribution is 2.22. The summed E-state index contributed by atoms with van der Waals surface area (Å²) in [5.41, 5.74) is 0. The van der Waals surface area contributed by atoms with Crippen LogP contribution in [0.3, 0.4) is 0 Å². The molecule has 0 fully saturated rings. The van der Waals surface area contributed by atoms with Crippen molar-refractivity contribution in [2.75, 3.05) is 5.75 Å². The molecule has 1 aliphatic rings. The van der Waals surface area contributed by atoms with Crippen molar-refractivity contribution in [2.24, 2.45) is 0 Å². The maximum atomic E-state index is 9.75. The summed E-state index contributed by atoms with van der Waals surface area (Å²) in [6, 6.07) is 0. The van der Waals surface area contributed by atoms with Gasteiger partial charge in [0.05, 0.1) is 0 Å². The number of hydrogen-bond acceptors (Lipinski definition) is 0. The molecule has 0 nitrogen and oxygen atoms in total. The van der Waals surface area contributed by atoms with Crippen LogP contribution >= 0.6 is 0 Å². The standard InChI is InChI=1S/C9H15S.BF4/c1-9(2,3)10-7-5-4-6-8-10;2-1(3,4)5/h4-7H,8H2,1-3H3;/q+1;-1. The second kappa shape index (κ2) is 5.63. The summed E-state index contributed by atoms with van der Waals surface area (Å²) in [5, 5.41) is 2.33. The molecule has 0 saturated heterocycles. The van der Waals surface area contributed by atoms with E-state index < -0.39 is 7.25 Å². The van der Waals surface area contributed by atoms with Gasteiger partial charge in [-0.15, -0.1) is 0 Å². The van der Waals surface area contributed by atoms with E-state index >= 15 is 0 Å². The van der Waals surface area contributed by atoms with Gasteiger partial charge in [-0.1, -0.05) is 6.08 Å². The molecule has 0 radical (unpaired) electrons. The van der Waals surface area contributed by atoms with Gasteiger partial charge in [0.25, 0.3) is 0 Å². The van der Waals surface area contributed by atoms with Gasteiger partial charge in [-0.3, -0.25) is 0 Å². The largest absolute Gasteiger partial charge is 0.673 e. The molecule has 0 bridgehead atoms. The van der Waals surface area contributed by atoms with E-state index in [9.17, 15) is 17.3 Å². The lowest BCUT2D eigenvalue weighted by Gasteiger charge is -2.18. The third-order valence-corrected chi connectivity index (χ3v) is 4.16. The van der Waals surface area contributed by atoms with Crippen LogP contribution in [0.15, 0.2) is 23.6 Å². The highest BCUT2D eigenvalue weighted by molar-refractivity contribution is 8.01. The molecule has 1 unspecified atom stereocenters. The molecule has 0 spiro atoms. The van der Waals surface area contributed by atoms with E-state index in [4.69, 9.17) is 0 Å². The zero-order chi connectivity index (χ0) is 12.1. The molecule has 0 amide bonds. The van der Waals surface area contributed by atoms with Crippen molar-refractivity contribution in [1.29, 1.82) is 0 Å². The normalized spacial score (nSPS) is 20.9. The van der Waals surface area contributed by atoms with Gasteiger partial charge in [-0.25, -0.2) is 0 Å². The van der Waals surface area contributed by atoms with Crippen LogP contribution in [-0.2, 0) is 10.9 Å². The Balaban J connectivity index is 0.000000336. The Labute approximate surface area is 90.9 Å². The summed E-state index contributed by atoms with van der Waals surface area (Å²) in [4.78, 5) is 0. The SMILES string of the molecule is CC(C)(C)[S+]1C=CC=CC1.F[B-](F)(F)F. The molecule has 0 N–H and O–H groups in total. The Bertz CT molecular complexity index is 233. The topological polar surface area (TPSA) is 0 Å². The average molecular weight is 242 g/mol. The molecule has 15 heavy (non-hydrogen) atoms. The summed E-state index contributed by atoms with van der Waals surface area (Å²) >= 11 is 0. The van der Waals surface area contributed by atoms with E-state index in [0.29, 0.717) is 15.6 Å². The molecule has 0 saturated carbocycles. The highest BCUT2D eigenvalue weighted by Gasteiger charge is 2.31. The molecule has 0 aliphatic carbocycles. The Hall–Kier alpha value is -0.385. The van der Waals surface area contributed by atoms with E-state index in [-0.39, 0.29) is 0 Å². The minimum absolute atomic E-state index is 0.460. The summed E-state index contributed by atoms with van der Waals surface area (Å²) in [5.74, 6) is 1.24. The maximum absolute atomic E-state index is 9.75. The second-order valence-electron chi connectivity index (χ2n) is 3.96. The van der Waals surface area contributed by atoms with E-state index in [1.165, 1.54) is 5.75 Å². The Kier molecular flexibility index (Phi) is 5.49. The Morgan fingerprint density at radius 3 is 1.73 bits per heavy atom. The third kappa shape index (κ3) is 9.91. The molecule has 1 atom stereocenters. The molecular formula is C9H15BF4S. The predicted octanol–water partition coefficient (Wildman–Crippen LogP) is 3.79. The zero-order valence-electron chi connectivity index (χ0n) is 9.01. The van der Waals surface area contributed by atoms with Crippen LogP contribution in [0, 0.1) is 0 Å². The summed E-state index contributed by atoms with van der Waals surface area (Å²) in [6.45, 7) is 6.92. The molecule has 1 heterocycles. The van der Waals surface area contributed by atoms with Crippen molar-refractivity contribution < 1.29 is 17.3 Å². The van der Waals surface area contributed by atoms with Crippen molar-refractivity contribution in [1.82, 2.24) is 0 Å². The highest BCUT2D eigenvalue weighted by atomic mass is 32.2. The van der Waals surface area contributed by atoms with Gasteiger partial charge in [0.15, 0.2) is 0 Å². The van der Waals surface area contributed by atoms with Gasteiger partial charge in [0.1, 0.15) is 15.9 Å². The van der Waals surface area contributed by atoms with Crippen molar-refractivity contribution in [3.63, 3.8) is 0 Å². The third-order valence-electron chi connectivity index (χ3n) is 1.55. The fourth-order valence-electron chi connectivity index (χ4n) is 0.888. The van der Waals surface area contributed by atoms with Crippen LogP contribution in [0.5, 0.6) is 0 Å². The fraction of sp³-hybridized carbons (Fsp3) is 0.556. The van der Waals surface area contributed by atoms with E-state index in [1.54, 1.807) is 0 Å². The molecule has 0 aromatic heterocycles. The number of allylic oxidation sites excluding steroid dienone is 2. The first-order valence-electron chi connectivity index (χ1n) is 4.51. The van der Waals surface area contributed by atoms with Crippen LogP contribution in [0.1, 0.15) is 20.8 Å². The van der Waals surface area contributed by atoms with Gasteiger partial charge >= 0.3 is 7.25 Å². The van der Waals surface area contributed by atoms with Crippen LogP contribution in [-0.4, -0.2) is 17.8 Å². The molecule has 88 valence electrons. The van der Waals surface area contributed by atoms with Gasteiger partial charge in [-0.2, -0.15) is 0 Å². The van der Waals surface area contributed by atoms with Crippen molar-refractivity contribution in [3.8, 4) is 0 Å². The van der Waals surface area contributed by atoms with Crippen LogP contribution < -0.4 is 0 Å². The Morgan fingerprint density at radius 1 is 1.07 bits per heavy atom. The van der Waals surface area contributed by atoms with Gasteiger partial charge in [0, 0.05) is 10.9 Å². The minimum atomic E-state index is -6.00. The van der Waals surface area contributed by atoms with E-state index in [0.717, 1.165) is 0 Å². The Morgan fingerprint density at radius 2 is 1.53 bits per heavy atom. The lowest BCUT2D eigenvalue weighted by molar-refractivity contribution is 0.368. The second-order valence-corrected chi connectivity index (χ2v) is 6.65. The predicted molar refractivity (Wildman–Crippen MR) is 60.5 cm³/mol. The number of hydrogen-bond donors (Lipinski definition) is 0. The lowest BCUT2D eigenvalue weighted by Crippen LogP contribution is -2.28. The first kappa shape index (κ1) is 14.6. The average Bonchev–Trinajstić information content (AvgIpc) is 2.01. The summed E-state index contributed by atoms with van der Waals surface area (Å²) in [6.07, 6.45) is 6.56. The molecule has 0 aromatic carbocycles. The van der Waals surface area contributed by atoms with Crippen molar-refractivity contribution >= 4 is 18.1 Å². The molecule has 1 rings (SSSR count). The number of rotatable bonds is 0. The van der Waals surface area contributed by atoms with Crippen LogP contribution in [0.25, 0.3) is 0 Å². The smallest absolute Gasteiger partial charge is 0.418 e. The summed E-state index contributed by atoms with van der Waals surface area (Å²) in [7, 11) is -5.53. The van der Waals surface area contributed by atoms with Crippen molar-refractivity contribution in [3.05, 3.63) is 23.6 Å². The van der Waals surface area contributed by atoms with Gasteiger partial charge in [-0.05, 0) is 32.9 Å². The first-order valence-corrected chi connectivity index (χ1v) is 5.97. The minimum Gasteiger partial charge on any atom is -0.418 e. The summed E-state index contributed by atoms with van der Waals surface area (Å²) < 4.78 is 39.5. The monoisotopic (exact) mass is 242 g/mol. The first-order chi connectivity index (χ1) is 6.61. The number of halogens is 4. The van der Waals surface area contributed by atoms with Gasteiger partial charge in [0.2, 0.25) is 0 Å².